The molecule has 1 heterocycles. The first kappa shape index (κ1) is 14.7. The number of halogens is 2. The minimum absolute atomic E-state index is 0.215. The van der Waals surface area contributed by atoms with Crippen LogP contribution in [-0.4, -0.2) is 49.3 Å². The van der Waals surface area contributed by atoms with Crippen molar-refractivity contribution in [2.24, 2.45) is 0 Å². The molecule has 0 bridgehead atoms. The van der Waals surface area contributed by atoms with Gasteiger partial charge in [-0.3, -0.25) is 0 Å². The first-order valence-electron chi connectivity index (χ1n) is 5.18. The molecule has 0 saturated heterocycles. The standard InChI is InChI=1S/C9H14F2N4O2S/c1-3-12-9-13-4-7(5-14-9)18(16,17)15(2)6-8(10)11/h4-5,8H,3,6H2,1-2H3,(H,12,13,14). The molecule has 102 valence electrons. The molecular formula is C9H14F2N4O2S. The van der Waals surface area contributed by atoms with Crippen molar-refractivity contribution in [1.82, 2.24) is 14.3 Å². The molecule has 6 nitrogen and oxygen atoms in total. The predicted octanol–water partition coefficient (Wildman–Crippen LogP) is 0.794. The zero-order chi connectivity index (χ0) is 13.8. The number of rotatable bonds is 6. The van der Waals surface area contributed by atoms with Crippen molar-refractivity contribution in [2.45, 2.75) is 18.2 Å². The molecule has 0 aromatic carbocycles. The predicted molar refractivity (Wildman–Crippen MR) is 62.0 cm³/mol. The molecular weight excluding hydrogens is 266 g/mol. The van der Waals surface area contributed by atoms with Gasteiger partial charge in [0.2, 0.25) is 16.0 Å². The Labute approximate surface area is 104 Å². The second-order valence-corrected chi connectivity index (χ2v) is 5.49. The lowest BCUT2D eigenvalue weighted by atomic mass is 10.6. The number of aromatic nitrogens is 2. The Morgan fingerprint density at radius 1 is 1.39 bits per heavy atom. The first-order chi connectivity index (χ1) is 8.37. The lowest BCUT2D eigenvalue weighted by molar-refractivity contribution is 0.126. The Kier molecular flexibility index (Phi) is 4.91. The highest BCUT2D eigenvalue weighted by Crippen LogP contribution is 2.14. The number of nitrogens with one attached hydrogen (secondary N) is 1. The van der Waals surface area contributed by atoms with Gasteiger partial charge in [0.05, 0.1) is 18.9 Å². The fourth-order valence-electron chi connectivity index (χ4n) is 1.17. The van der Waals surface area contributed by atoms with Gasteiger partial charge in [-0.15, -0.1) is 0 Å². The van der Waals surface area contributed by atoms with Crippen molar-refractivity contribution >= 4 is 16.0 Å². The molecule has 0 spiro atoms. The molecule has 0 aliphatic carbocycles. The van der Waals surface area contributed by atoms with Crippen LogP contribution in [0.15, 0.2) is 17.3 Å². The quantitative estimate of drug-likeness (QED) is 0.834. The average molecular weight is 280 g/mol. The molecule has 0 aliphatic heterocycles. The summed E-state index contributed by atoms with van der Waals surface area (Å²) in [7, 11) is -2.88. The monoisotopic (exact) mass is 280 g/mol. The van der Waals surface area contributed by atoms with E-state index in [1.165, 1.54) is 0 Å². The van der Waals surface area contributed by atoms with Gasteiger partial charge in [0.1, 0.15) is 4.90 Å². The van der Waals surface area contributed by atoms with Crippen LogP contribution < -0.4 is 5.32 Å². The van der Waals surface area contributed by atoms with Crippen LogP contribution >= 0.6 is 0 Å². The average Bonchev–Trinajstić information content (AvgIpc) is 2.29. The van der Waals surface area contributed by atoms with Crippen molar-refractivity contribution in [3.05, 3.63) is 12.4 Å². The Balaban J connectivity index is 2.91. The molecule has 9 heteroatoms. The summed E-state index contributed by atoms with van der Waals surface area (Å²) >= 11 is 0. The fourth-order valence-corrected chi connectivity index (χ4v) is 2.21. The summed E-state index contributed by atoms with van der Waals surface area (Å²) < 4.78 is 48.5. The summed E-state index contributed by atoms with van der Waals surface area (Å²) in [6.45, 7) is 1.57. The highest BCUT2D eigenvalue weighted by molar-refractivity contribution is 7.89. The highest BCUT2D eigenvalue weighted by atomic mass is 32.2. The summed E-state index contributed by atoms with van der Waals surface area (Å²) in [5.41, 5.74) is 0. The van der Waals surface area contributed by atoms with Crippen molar-refractivity contribution < 1.29 is 17.2 Å². The second kappa shape index (κ2) is 6.01. The summed E-state index contributed by atoms with van der Waals surface area (Å²) in [6, 6.07) is 0. The first-order valence-corrected chi connectivity index (χ1v) is 6.62. The van der Waals surface area contributed by atoms with E-state index in [1.807, 2.05) is 6.92 Å². The van der Waals surface area contributed by atoms with Gasteiger partial charge in [-0.05, 0) is 6.92 Å². The van der Waals surface area contributed by atoms with E-state index >= 15 is 0 Å². The number of sulfonamides is 1. The van der Waals surface area contributed by atoms with E-state index in [4.69, 9.17) is 0 Å². The number of hydrogen-bond acceptors (Lipinski definition) is 5. The maximum atomic E-state index is 12.1. The smallest absolute Gasteiger partial charge is 0.252 e. The second-order valence-electron chi connectivity index (χ2n) is 3.45. The van der Waals surface area contributed by atoms with E-state index in [0.29, 0.717) is 10.8 Å². The van der Waals surface area contributed by atoms with Gasteiger partial charge in [-0.2, -0.15) is 4.31 Å². The molecule has 0 unspecified atom stereocenters. The van der Waals surface area contributed by atoms with E-state index in [0.717, 1.165) is 19.4 Å². The molecule has 1 N–H and O–H groups in total. The highest BCUT2D eigenvalue weighted by Gasteiger charge is 2.24. The van der Waals surface area contributed by atoms with Crippen LogP contribution in [-0.2, 0) is 10.0 Å². The number of hydrogen-bond donors (Lipinski definition) is 1. The van der Waals surface area contributed by atoms with Gasteiger partial charge in [-0.1, -0.05) is 0 Å². The molecule has 0 saturated carbocycles. The van der Waals surface area contributed by atoms with Crippen LogP contribution in [0.3, 0.4) is 0 Å². The van der Waals surface area contributed by atoms with Gasteiger partial charge < -0.3 is 5.32 Å². The molecule has 18 heavy (non-hydrogen) atoms. The zero-order valence-electron chi connectivity index (χ0n) is 9.97. The summed E-state index contributed by atoms with van der Waals surface area (Å²) in [5.74, 6) is 0.285. The summed E-state index contributed by atoms with van der Waals surface area (Å²) in [5, 5.41) is 2.80. The minimum Gasteiger partial charge on any atom is -0.355 e. The largest absolute Gasteiger partial charge is 0.355 e. The molecule has 0 fully saturated rings. The maximum absolute atomic E-state index is 12.1. The summed E-state index contributed by atoms with van der Waals surface area (Å²) in [4.78, 5) is 7.35. The molecule has 0 radical (unpaired) electrons. The topological polar surface area (TPSA) is 75.2 Å². The molecule has 1 aromatic rings. The summed E-state index contributed by atoms with van der Waals surface area (Å²) in [6.07, 6.45) is -0.559. The zero-order valence-corrected chi connectivity index (χ0v) is 10.8. The maximum Gasteiger partial charge on any atom is 0.252 e. The number of anilines is 1. The fraction of sp³-hybridized carbons (Fsp3) is 0.556. The molecule has 0 atom stereocenters. The lowest BCUT2D eigenvalue weighted by Crippen LogP contribution is -2.31. The van der Waals surface area contributed by atoms with Gasteiger partial charge in [0.25, 0.3) is 6.43 Å². The van der Waals surface area contributed by atoms with E-state index in [2.05, 4.69) is 15.3 Å². The lowest BCUT2D eigenvalue weighted by Gasteiger charge is -2.16. The van der Waals surface area contributed by atoms with E-state index in [1.54, 1.807) is 0 Å². The Hall–Kier alpha value is -1.35. The van der Waals surface area contributed by atoms with Crippen molar-refractivity contribution in [2.75, 3.05) is 25.5 Å². The van der Waals surface area contributed by atoms with Gasteiger partial charge in [0.15, 0.2) is 0 Å². The molecule has 0 amide bonds. The van der Waals surface area contributed by atoms with E-state index < -0.39 is 23.0 Å². The van der Waals surface area contributed by atoms with Crippen LogP contribution in [0.25, 0.3) is 0 Å². The third kappa shape index (κ3) is 3.57. The van der Waals surface area contributed by atoms with E-state index in [-0.39, 0.29) is 10.8 Å². The SMILES string of the molecule is CCNc1ncc(S(=O)(=O)N(C)CC(F)F)cn1. The van der Waals surface area contributed by atoms with Crippen molar-refractivity contribution in [3.8, 4) is 0 Å². The van der Waals surface area contributed by atoms with Crippen LogP contribution in [0, 0.1) is 0 Å². The van der Waals surface area contributed by atoms with Crippen molar-refractivity contribution in [1.29, 1.82) is 0 Å². The number of nitrogens with zero attached hydrogens (tertiary/aromatic N) is 3. The number of alkyl halides is 2. The van der Waals surface area contributed by atoms with Crippen LogP contribution in [0.2, 0.25) is 0 Å². The normalized spacial score (nSPS) is 12.1. The van der Waals surface area contributed by atoms with Crippen LogP contribution in [0.5, 0.6) is 0 Å². The van der Waals surface area contributed by atoms with E-state index in [9.17, 15) is 17.2 Å². The van der Waals surface area contributed by atoms with Gasteiger partial charge >= 0.3 is 0 Å². The molecule has 0 aliphatic rings. The van der Waals surface area contributed by atoms with Crippen LogP contribution in [0.1, 0.15) is 6.92 Å². The van der Waals surface area contributed by atoms with Crippen LogP contribution in [0.4, 0.5) is 14.7 Å². The molecule has 1 aromatic heterocycles. The Bertz CT molecular complexity index is 478. The minimum atomic E-state index is -3.97. The third-order valence-corrected chi connectivity index (χ3v) is 3.84. The van der Waals surface area contributed by atoms with Gasteiger partial charge in [-0.25, -0.2) is 27.2 Å². The van der Waals surface area contributed by atoms with Gasteiger partial charge in [0, 0.05) is 13.6 Å². The van der Waals surface area contributed by atoms with Crippen molar-refractivity contribution in [3.63, 3.8) is 0 Å². The molecule has 1 rings (SSSR count). The third-order valence-electron chi connectivity index (χ3n) is 2.07. The Morgan fingerprint density at radius 2 is 1.94 bits per heavy atom. The Morgan fingerprint density at radius 3 is 2.39 bits per heavy atom.